The summed E-state index contributed by atoms with van der Waals surface area (Å²) in [5, 5.41) is 0. The van der Waals surface area contributed by atoms with E-state index in [1.165, 1.54) is 0 Å². The number of ether oxygens (including phenoxy) is 1. The number of rotatable bonds is 4. The molecule has 1 saturated heterocycles. The van der Waals surface area contributed by atoms with Crippen molar-refractivity contribution in [3.05, 3.63) is 29.3 Å². The lowest BCUT2D eigenvalue weighted by atomic mass is 10.0. The molecule has 2 rings (SSSR count). The number of carbonyl (C=O) groups is 1. The van der Waals surface area contributed by atoms with Crippen LogP contribution in [0, 0.1) is 6.92 Å². The van der Waals surface area contributed by atoms with Crippen molar-refractivity contribution in [2.45, 2.75) is 58.6 Å². The summed E-state index contributed by atoms with van der Waals surface area (Å²) in [7, 11) is 0. The Bertz CT molecular complexity index is 534. The molecule has 2 unspecified atom stereocenters. The third kappa shape index (κ3) is 5.11. The highest BCUT2D eigenvalue weighted by molar-refractivity contribution is 5.85. The number of hydrogen-bond acceptors (Lipinski definition) is 3. The Labute approximate surface area is 145 Å². The number of halogens is 1. The number of nitrogens with zero attached hydrogens (tertiary/aromatic N) is 1. The van der Waals surface area contributed by atoms with E-state index in [1.54, 1.807) is 0 Å². The van der Waals surface area contributed by atoms with Gasteiger partial charge in [-0.3, -0.25) is 4.79 Å². The van der Waals surface area contributed by atoms with Crippen molar-refractivity contribution in [1.29, 1.82) is 0 Å². The van der Waals surface area contributed by atoms with Gasteiger partial charge < -0.3 is 15.4 Å². The molecule has 1 aliphatic heterocycles. The molecular weight excluding hydrogens is 312 g/mol. The summed E-state index contributed by atoms with van der Waals surface area (Å²) >= 11 is 0. The van der Waals surface area contributed by atoms with Crippen LogP contribution in [0.25, 0.3) is 0 Å². The lowest BCUT2D eigenvalue weighted by Gasteiger charge is -2.32. The summed E-state index contributed by atoms with van der Waals surface area (Å²) in [6, 6.07) is 6.28. The van der Waals surface area contributed by atoms with Crippen molar-refractivity contribution in [2.24, 2.45) is 5.73 Å². The van der Waals surface area contributed by atoms with Crippen molar-refractivity contribution in [1.82, 2.24) is 4.90 Å². The summed E-state index contributed by atoms with van der Waals surface area (Å²) in [6.45, 7) is 9.55. The number of hydrogen-bond donors (Lipinski definition) is 1. The van der Waals surface area contributed by atoms with Gasteiger partial charge in [-0.15, -0.1) is 12.4 Å². The molecular formula is C18H29ClN2O2. The summed E-state index contributed by atoms with van der Waals surface area (Å²) in [5.41, 5.74) is 8.24. The second-order valence-corrected chi connectivity index (χ2v) is 6.64. The Morgan fingerprint density at radius 3 is 2.65 bits per heavy atom. The molecule has 0 radical (unpaired) electrons. The third-order valence-corrected chi connectivity index (χ3v) is 4.21. The molecule has 1 fully saturated rings. The summed E-state index contributed by atoms with van der Waals surface area (Å²) < 4.78 is 6.01. The average molecular weight is 341 g/mol. The predicted octanol–water partition coefficient (Wildman–Crippen LogP) is 3.26. The van der Waals surface area contributed by atoms with Gasteiger partial charge in [-0.2, -0.15) is 0 Å². The number of nitrogens with two attached hydrogens (primary N) is 1. The first-order chi connectivity index (χ1) is 10.4. The van der Waals surface area contributed by atoms with Crippen LogP contribution in [0.2, 0.25) is 0 Å². The van der Waals surface area contributed by atoms with Crippen molar-refractivity contribution < 1.29 is 9.53 Å². The molecule has 1 heterocycles. The van der Waals surface area contributed by atoms with E-state index in [0.29, 0.717) is 12.5 Å². The number of aryl methyl sites for hydroxylation is 1. The SMILES string of the molecule is Cc1ccc(C(C)C)c(OC(C)C(=O)N2CCCC(N)C2)c1.Cl. The van der Waals surface area contributed by atoms with Gasteiger partial charge in [0, 0.05) is 19.1 Å². The Morgan fingerprint density at radius 1 is 1.35 bits per heavy atom. The van der Waals surface area contributed by atoms with Crippen molar-refractivity contribution in [2.75, 3.05) is 13.1 Å². The van der Waals surface area contributed by atoms with Gasteiger partial charge in [0.2, 0.25) is 0 Å². The average Bonchev–Trinajstić information content (AvgIpc) is 2.46. The first-order valence-electron chi connectivity index (χ1n) is 8.20. The maximum atomic E-state index is 12.6. The van der Waals surface area contributed by atoms with Crippen LogP contribution >= 0.6 is 12.4 Å². The summed E-state index contributed by atoms with van der Waals surface area (Å²) in [4.78, 5) is 14.4. The molecule has 1 aliphatic rings. The molecule has 1 aromatic rings. The molecule has 2 N–H and O–H groups in total. The topological polar surface area (TPSA) is 55.6 Å². The van der Waals surface area contributed by atoms with E-state index in [1.807, 2.05) is 24.8 Å². The molecule has 4 nitrogen and oxygen atoms in total. The van der Waals surface area contributed by atoms with Crippen LogP contribution < -0.4 is 10.5 Å². The van der Waals surface area contributed by atoms with Gasteiger partial charge in [0.15, 0.2) is 6.10 Å². The zero-order chi connectivity index (χ0) is 16.3. The zero-order valence-corrected chi connectivity index (χ0v) is 15.4. The fourth-order valence-electron chi connectivity index (χ4n) is 2.93. The number of amides is 1. The number of carbonyl (C=O) groups excluding carboxylic acids is 1. The Kier molecular flexibility index (Phi) is 7.36. The van der Waals surface area contributed by atoms with E-state index in [2.05, 4.69) is 26.0 Å². The van der Waals surface area contributed by atoms with E-state index in [-0.39, 0.29) is 24.4 Å². The van der Waals surface area contributed by atoms with Crippen molar-refractivity contribution in [3.8, 4) is 5.75 Å². The van der Waals surface area contributed by atoms with E-state index in [0.717, 1.165) is 36.3 Å². The third-order valence-electron chi connectivity index (χ3n) is 4.21. The summed E-state index contributed by atoms with van der Waals surface area (Å²) in [6.07, 6.45) is 1.49. The van der Waals surface area contributed by atoms with Crippen LogP contribution in [0.15, 0.2) is 18.2 Å². The van der Waals surface area contributed by atoms with Crippen LogP contribution in [0.1, 0.15) is 50.7 Å². The van der Waals surface area contributed by atoms with E-state index >= 15 is 0 Å². The minimum atomic E-state index is -0.482. The predicted molar refractivity (Wildman–Crippen MR) is 96.4 cm³/mol. The monoisotopic (exact) mass is 340 g/mol. The molecule has 23 heavy (non-hydrogen) atoms. The number of benzene rings is 1. The van der Waals surface area contributed by atoms with Gasteiger partial charge in [-0.1, -0.05) is 26.0 Å². The Balaban J connectivity index is 0.00000264. The zero-order valence-electron chi connectivity index (χ0n) is 14.5. The second-order valence-electron chi connectivity index (χ2n) is 6.64. The standard InChI is InChI=1S/C18H28N2O2.ClH/c1-12(2)16-8-7-13(3)10-17(16)22-14(4)18(21)20-9-5-6-15(19)11-20;/h7-8,10,12,14-15H,5-6,9,11,19H2,1-4H3;1H. The van der Waals surface area contributed by atoms with Crippen LogP contribution in [-0.2, 0) is 4.79 Å². The summed E-state index contributed by atoms with van der Waals surface area (Å²) in [5.74, 6) is 1.21. The lowest BCUT2D eigenvalue weighted by molar-refractivity contribution is -0.139. The molecule has 0 spiro atoms. The van der Waals surface area contributed by atoms with Gasteiger partial charge in [0.1, 0.15) is 5.75 Å². The van der Waals surface area contributed by atoms with E-state index in [9.17, 15) is 4.79 Å². The largest absolute Gasteiger partial charge is 0.481 e. The maximum Gasteiger partial charge on any atom is 0.263 e. The normalized spacial score (nSPS) is 19.2. The Morgan fingerprint density at radius 2 is 2.04 bits per heavy atom. The van der Waals surface area contributed by atoms with Crippen LogP contribution in [0.5, 0.6) is 5.75 Å². The number of likely N-dealkylation sites (tertiary alicyclic amines) is 1. The van der Waals surface area contributed by atoms with E-state index in [4.69, 9.17) is 10.5 Å². The smallest absolute Gasteiger partial charge is 0.263 e. The number of piperidine rings is 1. The molecule has 0 saturated carbocycles. The van der Waals surface area contributed by atoms with E-state index < -0.39 is 6.10 Å². The van der Waals surface area contributed by atoms with Gasteiger partial charge >= 0.3 is 0 Å². The fourth-order valence-corrected chi connectivity index (χ4v) is 2.93. The molecule has 0 bridgehead atoms. The van der Waals surface area contributed by atoms with Gasteiger partial charge in [0.05, 0.1) is 0 Å². The van der Waals surface area contributed by atoms with Crippen LogP contribution in [-0.4, -0.2) is 36.0 Å². The highest BCUT2D eigenvalue weighted by Gasteiger charge is 2.26. The minimum Gasteiger partial charge on any atom is -0.481 e. The first-order valence-corrected chi connectivity index (χ1v) is 8.20. The highest BCUT2D eigenvalue weighted by Crippen LogP contribution is 2.28. The molecule has 1 amide bonds. The van der Waals surface area contributed by atoms with Gasteiger partial charge in [-0.25, -0.2) is 0 Å². The minimum absolute atomic E-state index is 0. The van der Waals surface area contributed by atoms with Crippen molar-refractivity contribution in [3.63, 3.8) is 0 Å². The quantitative estimate of drug-likeness (QED) is 0.915. The molecule has 0 aliphatic carbocycles. The lowest BCUT2D eigenvalue weighted by Crippen LogP contribution is -2.49. The molecule has 130 valence electrons. The van der Waals surface area contributed by atoms with Crippen LogP contribution in [0.4, 0.5) is 0 Å². The first kappa shape index (κ1) is 19.8. The van der Waals surface area contributed by atoms with Crippen LogP contribution in [0.3, 0.4) is 0 Å². The van der Waals surface area contributed by atoms with Gasteiger partial charge in [-0.05, 0) is 49.8 Å². The van der Waals surface area contributed by atoms with Gasteiger partial charge in [0.25, 0.3) is 5.91 Å². The molecule has 5 heteroatoms. The molecule has 0 aromatic heterocycles. The molecule has 1 aromatic carbocycles. The maximum absolute atomic E-state index is 12.6. The Hall–Kier alpha value is -1.26. The molecule has 2 atom stereocenters. The fraction of sp³-hybridized carbons (Fsp3) is 0.611. The highest BCUT2D eigenvalue weighted by atomic mass is 35.5. The second kappa shape index (κ2) is 8.55. The van der Waals surface area contributed by atoms with Crippen molar-refractivity contribution >= 4 is 18.3 Å².